The molecular weight excluding hydrogens is 248 g/mol. The van der Waals surface area contributed by atoms with Gasteiger partial charge in [0.25, 0.3) is 0 Å². The van der Waals surface area contributed by atoms with Crippen LogP contribution in [-0.4, -0.2) is 45.1 Å². The molecule has 1 saturated heterocycles. The summed E-state index contributed by atoms with van der Waals surface area (Å²) in [5, 5.41) is 9.73. The minimum absolute atomic E-state index is 0.0620. The van der Waals surface area contributed by atoms with E-state index in [0.29, 0.717) is 6.42 Å². The largest absolute Gasteiger partial charge is 0.411 e. The molecule has 0 spiro atoms. The van der Waals surface area contributed by atoms with Crippen molar-refractivity contribution in [3.05, 3.63) is 0 Å². The van der Waals surface area contributed by atoms with Crippen molar-refractivity contribution in [3.8, 4) is 0 Å². The topological polar surface area (TPSA) is 47.9 Å². The predicted octanol–water partition coefficient (Wildman–Crippen LogP) is 2.52. The molecule has 108 valence electrons. The Labute approximate surface area is 112 Å². The Kier molecular flexibility index (Phi) is 5.00. The molecule has 1 fully saturated rings. The predicted molar refractivity (Wildman–Crippen MR) is 74.0 cm³/mol. The van der Waals surface area contributed by atoms with Crippen molar-refractivity contribution in [2.24, 2.45) is 0 Å². The number of rotatable bonds is 4. The third-order valence-electron chi connectivity index (χ3n) is 4.17. The van der Waals surface area contributed by atoms with Gasteiger partial charge in [0, 0.05) is 13.5 Å². The molecule has 0 saturated carbocycles. The summed E-state index contributed by atoms with van der Waals surface area (Å²) in [6, 6.07) is 0. The van der Waals surface area contributed by atoms with Crippen LogP contribution in [0, 0.1) is 0 Å². The van der Waals surface area contributed by atoms with Gasteiger partial charge in [-0.2, -0.15) is 0 Å². The van der Waals surface area contributed by atoms with Gasteiger partial charge in [-0.05, 0) is 25.1 Å². The second-order valence-electron chi connectivity index (χ2n) is 6.65. The highest BCUT2D eigenvalue weighted by Gasteiger charge is 2.44. The lowest BCUT2D eigenvalue weighted by atomic mass is 10.1. The minimum atomic E-state index is -1.82. The van der Waals surface area contributed by atoms with Crippen LogP contribution in [0.1, 0.15) is 34.1 Å². The first-order valence-electron chi connectivity index (χ1n) is 6.62. The minimum Gasteiger partial charge on any atom is -0.411 e. The van der Waals surface area contributed by atoms with Gasteiger partial charge >= 0.3 is 0 Å². The molecule has 0 aliphatic carbocycles. The summed E-state index contributed by atoms with van der Waals surface area (Å²) in [5.41, 5.74) is 0. The van der Waals surface area contributed by atoms with E-state index in [1.807, 2.05) is 6.92 Å². The third-order valence-corrected chi connectivity index (χ3v) is 8.74. The summed E-state index contributed by atoms with van der Waals surface area (Å²) in [6.07, 6.45) is -0.538. The second kappa shape index (κ2) is 5.59. The molecule has 0 bridgehead atoms. The molecule has 0 radical (unpaired) electrons. The maximum Gasteiger partial charge on any atom is 0.192 e. The van der Waals surface area contributed by atoms with E-state index in [2.05, 4.69) is 33.9 Å². The molecular formula is C13H28O4Si. The van der Waals surface area contributed by atoms with E-state index in [1.54, 1.807) is 7.11 Å². The van der Waals surface area contributed by atoms with Crippen LogP contribution in [0.15, 0.2) is 0 Å². The first-order valence-corrected chi connectivity index (χ1v) is 9.53. The van der Waals surface area contributed by atoms with Crippen LogP contribution in [0.2, 0.25) is 18.1 Å². The highest BCUT2D eigenvalue weighted by molar-refractivity contribution is 6.74. The Hall–Kier alpha value is 0.0569. The molecule has 1 aliphatic rings. The van der Waals surface area contributed by atoms with Crippen LogP contribution in [0.5, 0.6) is 0 Å². The van der Waals surface area contributed by atoms with E-state index in [0.717, 1.165) is 0 Å². The average molecular weight is 276 g/mol. The van der Waals surface area contributed by atoms with Gasteiger partial charge in [-0.15, -0.1) is 0 Å². The Balaban J connectivity index is 2.68. The fraction of sp³-hybridized carbons (Fsp3) is 1.00. The van der Waals surface area contributed by atoms with Crippen LogP contribution in [0.25, 0.3) is 0 Å². The van der Waals surface area contributed by atoms with Gasteiger partial charge in [-0.1, -0.05) is 20.8 Å². The Morgan fingerprint density at radius 1 is 1.33 bits per heavy atom. The number of ether oxygens (including phenoxy) is 2. The van der Waals surface area contributed by atoms with E-state index in [1.165, 1.54) is 0 Å². The lowest BCUT2D eigenvalue weighted by Gasteiger charge is -2.40. The summed E-state index contributed by atoms with van der Waals surface area (Å²) in [4.78, 5) is 0. The quantitative estimate of drug-likeness (QED) is 0.802. The fourth-order valence-corrected chi connectivity index (χ4v) is 3.43. The smallest absolute Gasteiger partial charge is 0.192 e. The van der Waals surface area contributed by atoms with Gasteiger partial charge < -0.3 is 19.0 Å². The van der Waals surface area contributed by atoms with Crippen molar-refractivity contribution in [2.45, 2.75) is 76.8 Å². The van der Waals surface area contributed by atoms with Crippen LogP contribution >= 0.6 is 0 Å². The molecule has 0 amide bonds. The van der Waals surface area contributed by atoms with Gasteiger partial charge in [0.15, 0.2) is 14.6 Å². The summed E-state index contributed by atoms with van der Waals surface area (Å²) in [6.45, 7) is 13.1. The van der Waals surface area contributed by atoms with Crippen molar-refractivity contribution in [2.75, 3.05) is 7.11 Å². The molecule has 0 aromatic heterocycles. The molecule has 1 unspecified atom stereocenters. The Morgan fingerprint density at radius 3 is 2.33 bits per heavy atom. The van der Waals surface area contributed by atoms with Crippen LogP contribution < -0.4 is 0 Å². The molecule has 1 rings (SSSR count). The number of methoxy groups -OCH3 is 1. The maximum atomic E-state index is 9.56. The van der Waals surface area contributed by atoms with Gasteiger partial charge in [-0.3, -0.25) is 0 Å². The van der Waals surface area contributed by atoms with Crippen molar-refractivity contribution in [3.63, 3.8) is 0 Å². The van der Waals surface area contributed by atoms with Gasteiger partial charge in [-0.25, -0.2) is 0 Å². The maximum absolute atomic E-state index is 9.56. The zero-order chi connectivity index (χ0) is 14.1. The monoisotopic (exact) mass is 276 g/mol. The van der Waals surface area contributed by atoms with E-state index in [4.69, 9.17) is 13.9 Å². The average Bonchev–Trinajstić information content (AvgIpc) is 2.57. The molecule has 0 aromatic carbocycles. The molecule has 4 nitrogen and oxygen atoms in total. The first-order chi connectivity index (χ1) is 8.08. The van der Waals surface area contributed by atoms with E-state index in [-0.39, 0.29) is 23.4 Å². The van der Waals surface area contributed by atoms with Gasteiger partial charge in [0.1, 0.15) is 6.10 Å². The standard InChI is InChI=1S/C13H28O4Si/c1-9(17-18(6,7)13(2,3)4)12-10(15-5)8-11(14)16-12/h9-12,14H,8H2,1-7H3/t9-,10-,11?,12-/m1/s1. The zero-order valence-electron chi connectivity index (χ0n) is 12.7. The lowest BCUT2D eigenvalue weighted by Crippen LogP contribution is -2.48. The van der Waals surface area contributed by atoms with Crippen LogP contribution in [0.4, 0.5) is 0 Å². The SMILES string of the molecule is CO[C@@H]1CC(O)O[C@@H]1[C@@H](C)O[Si](C)(C)C(C)(C)C. The summed E-state index contributed by atoms with van der Waals surface area (Å²) in [5.74, 6) is 0. The molecule has 1 N–H and O–H groups in total. The highest BCUT2D eigenvalue weighted by atomic mass is 28.4. The van der Waals surface area contributed by atoms with Crippen molar-refractivity contribution >= 4 is 8.32 Å². The van der Waals surface area contributed by atoms with E-state index in [9.17, 15) is 5.11 Å². The lowest BCUT2D eigenvalue weighted by molar-refractivity contribution is -0.125. The fourth-order valence-electron chi connectivity index (χ4n) is 2.01. The molecule has 1 heterocycles. The van der Waals surface area contributed by atoms with Gasteiger partial charge in [0.2, 0.25) is 0 Å². The normalized spacial score (nSPS) is 31.7. The summed E-state index contributed by atoms with van der Waals surface area (Å²) >= 11 is 0. The van der Waals surface area contributed by atoms with E-state index >= 15 is 0 Å². The summed E-state index contributed by atoms with van der Waals surface area (Å²) < 4.78 is 17.2. The zero-order valence-corrected chi connectivity index (χ0v) is 13.7. The molecule has 0 aromatic rings. The number of hydrogen-bond donors (Lipinski definition) is 1. The van der Waals surface area contributed by atoms with E-state index < -0.39 is 14.6 Å². The van der Waals surface area contributed by atoms with Crippen molar-refractivity contribution in [1.29, 1.82) is 0 Å². The Bertz CT molecular complexity index is 275. The Morgan fingerprint density at radius 2 is 1.89 bits per heavy atom. The second-order valence-corrected chi connectivity index (χ2v) is 11.4. The summed E-state index contributed by atoms with van der Waals surface area (Å²) in [7, 11) is -0.166. The highest BCUT2D eigenvalue weighted by Crippen LogP contribution is 2.38. The van der Waals surface area contributed by atoms with Crippen molar-refractivity contribution < 1.29 is 19.0 Å². The van der Waals surface area contributed by atoms with Crippen molar-refractivity contribution in [1.82, 2.24) is 0 Å². The third kappa shape index (κ3) is 3.54. The molecule has 4 atom stereocenters. The first kappa shape index (κ1) is 16.1. The van der Waals surface area contributed by atoms with Gasteiger partial charge in [0.05, 0.1) is 12.2 Å². The molecule has 1 aliphatic heterocycles. The van der Waals surface area contributed by atoms with Crippen LogP contribution in [-0.2, 0) is 13.9 Å². The van der Waals surface area contributed by atoms with Crippen LogP contribution in [0.3, 0.4) is 0 Å². The molecule has 18 heavy (non-hydrogen) atoms. The number of aliphatic hydroxyl groups excluding tert-OH is 1. The molecule has 5 heteroatoms. The number of hydrogen-bond acceptors (Lipinski definition) is 4. The number of aliphatic hydroxyl groups is 1.